The van der Waals surface area contributed by atoms with Crippen LogP contribution in [0.1, 0.15) is 32.3 Å². The van der Waals surface area contributed by atoms with Gasteiger partial charge in [-0.2, -0.15) is 0 Å². The summed E-state index contributed by atoms with van der Waals surface area (Å²) in [5.41, 5.74) is 2.25. The van der Waals surface area contributed by atoms with Crippen molar-refractivity contribution in [2.24, 2.45) is 0 Å². The van der Waals surface area contributed by atoms with Crippen LogP contribution in [0.5, 0.6) is 5.75 Å². The van der Waals surface area contributed by atoms with Crippen molar-refractivity contribution in [2.45, 2.75) is 33.1 Å². The van der Waals surface area contributed by atoms with E-state index in [1.54, 1.807) is 18.2 Å². The molecule has 0 aliphatic heterocycles. The molecule has 0 unspecified atom stereocenters. The first-order valence-electron chi connectivity index (χ1n) is 9.33. The van der Waals surface area contributed by atoms with Gasteiger partial charge in [-0.05, 0) is 61.0 Å². The standard InChI is InChI=1S/C21H24ClN3O3S/c1-3-5-19(26)23-15-8-11-17(22)18(12-15)24-21(29)25-20(27)13-28-16-9-6-14(4-2)7-10-16/h6-12H,3-5,13H2,1-2H3,(H,23,26)(H2,24,25,27,29). The summed E-state index contributed by atoms with van der Waals surface area (Å²) in [6, 6.07) is 12.5. The molecule has 8 heteroatoms. The highest BCUT2D eigenvalue weighted by atomic mass is 35.5. The van der Waals surface area contributed by atoms with Crippen molar-refractivity contribution in [2.75, 3.05) is 17.2 Å². The van der Waals surface area contributed by atoms with E-state index >= 15 is 0 Å². The maximum Gasteiger partial charge on any atom is 0.264 e. The normalized spacial score (nSPS) is 10.2. The van der Waals surface area contributed by atoms with Crippen LogP contribution in [0.2, 0.25) is 5.02 Å². The van der Waals surface area contributed by atoms with Gasteiger partial charge in [0.1, 0.15) is 5.75 Å². The lowest BCUT2D eigenvalue weighted by molar-refractivity contribution is -0.121. The zero-order valence-corrected chi connectivity index (χ0v) is 18.0. The van der Waals surface area contributed by atoms with E-state index in [2.05, 4.69) is 22.9 Å². The third-order valence-corrected chi connectivity index (χ3v) is 4.46. The fourth-order valence-electron chi connectivity index (χ4n) is 2.44. The highest BCUT2D eigenvalue weighted by Gasteiger charge is 2.10. The van der Waals surface area contributed by atoms with Gasteiger partial charge in [0.2, 0.25) is 5.91 Å². The molecule has 0 aliphatic rings. The summed E-state index contributed by atoms with van der Waals surface area (Å²) in [6.45, 7) is 3.83. The first kappa shape index (κ1) is 22.6. The molecular formula is C21H24ClN3O3S. The first-order valence-corrected chi connectivity index (χ1v) is 10.1. The minimum absolute atomic E-state index is 0.0823. The molecule has 0 aromatic heterocycles. The van der Waals surface area contributed by atoms with Crippen molar-refractivity contribution in [3.63, 3.8) is 0 Å². The molecule has 0 saturated heterocycles. The molecule has 0 atom stereocenters. The van der Waals surface area contributed by atoms with Gasteiger partial charge in [-0.25, -0.2) is 0 Å². The van der Waals surface area contributed by atoms with Crippen molar-refractivity contribution < 1.29 is 14.3 Å². The van der Waals surface area contributed by atoms with E-state index in [1.165, 1.54) is 5.56 Å². The number of rotatable bonds is 8. The highest BCUT2D eigenvalue weighted by Crippen LogP contribution is 2.25. The van der Waals surface area contributed by atoms with Crippen LogP contribution in [-0.2, 0) is 16.0 Å². The first-order chi connectivity index (χ1) is 13.9. The molecule has 2 aromatic rings. The summed E-state index contributed by atoms with van der Waals surface area (Å²) in [4.78, 5) is 23.8. The lowest BCUT2D eigenvalue weighted by Crippen LogP contribution is -2.37. The molecule has 0 heterocycles. The number of ether oxygens (including phenoxy) is 1. The summed E-state index contributed by atoms with van der Waals surface area (Å²) < 4.78 is 5.45. The number of carbonyl (C=O) groups is 2. The van der Waals surface area contributed by atoms with E-state index in [9.17, 15) is 9.59 Å². The van der Waals surface area contributed by atoms with Gasteiger partial charge in [-0.15, -0.1) is 0 Å². The van der Waals surface area contributed by atoms with Crippen LogP contribution in [0, 0.1) is 0 Å². The Morgan fingerprint density at radius 2 is 1.76 bits per heavy atom. The number of hydrogen-bond donors (Lipinski definition) is 3. The van der Waals surface area contributed by atoms with Gasteiger partial charge in [0.05, 0.1) is 10.7 Å². The topological polar surface area (TPSA) is 79.5 Å². The van der Waals surface area contributed by atoms with E-state index in [0.717, 1.165) is 12.8 Å². The third-order valence-electron chi connectivity index (χ3n) is 3.93. The Morgan fingerprint density at radius 3 is 2.41 bits per heavy atom. The summed E-state index contributed by atoms with van der Waals surface area (Å²) >= 11 is 11.3. The number of aryl methyl sites for hydroxylation is 1. The van der Waals surface area contributed by atoms with Crippen LogP contribution < -0.4 is 20.7 Å². The fourth-order valence-corrected chi connectivity index (χ4v) is 2.82. The predicted octanol–water partition coefficient (Wildman–Crippen LogP) is 4.53. The number of carbonyl (C=O) groups excluding carboxylic acids is 2. The molecule has 154 valence electrons. The number of nitrogens with one attached hydrogen (secondary N) is 3. The second-order valence-corrected chi connectivity index (χ2v) is 7.10. The fraction of sp³-hybridized carbons (Fsp3) is 0.286. The van der Waals surface area contributed by atoms with Crippen molar-refractivity contribution in [1.29, 1.82) is 0 Å². The molecule has 0 aliphatic carbocycles. The number of hydrogen-bond acceptors (Lipinski definition) is 4. The summed E-state index contributed by atoms with van der Waals surface area (Å²) in [5.74, 6) is 0.126. The number of amides is 2. The number of thiocarbonyl (C=S) groups is 1. The SMILES string of the molecule is CCCC(=O)Nc1ccc(Cl)c(NC(=S)NC(=O)COc2ccc(CC)cc2)c1. The zero-order valence-electron chi connectivity index (χ0n) is 16.4. The van der Waals surface area contributed by atoms with Crippen LogP contribution in [0.4, 0.5) is 11.4 Å². The van der Waals surface area contributed by atoms with Crippen molar-refractivity contribution in [3.05, 3.63) is 53.1 Å². The molecule has 0 fully saturated rings. The minimum Gasteiger partial charge on any atom is -0.484 e. The van der Waals surface area contributed by atoms with Crippen LogP contribution in [0.25, 0.3) is 0 Å². The molecule has 0 radical (unpaired) electrons. The Kier molecular flexibility index (Phi) is 8.89. The second kappa shape index (κ2) is 11.4. The Morgan fingerprint density at radius 1 is 1.03 bits per heavy atom. The Labute approximate surface area is 181 Å². The van der Waals surface area contributed by atoms with Gasteiger partial charge < -0.3 is 15.4 Å². The lowest BCUT2D eigenvalue weighted by Gasteiger charge is -2.13. The summed E-state index contributed by atoms with van der Waals surface area (Å²) in [7, 11) is 0. The van der Waals surface area contributed by atoms with E-state index in [4.69, 9.17) is 28.6 Å². The third kappa shape index (κ3) is 7.71. The van der Waals surface area contributed by atoms with E-state index in [-0.39, 0.29) is 17.6 Å². The summed E-state index contributed by atoms with van der Waals surface area (Å²) in [5, 5.41) is 8.67. The molecule has 2 aromatic carbocycles. The average Bonchev–Trinajstić information content (AvgIpc) is 2.69. The Hall–Kier alpha value is -2.64. The Balaban J connectivity index is 1.87. The van der Waals surface area contributed by atoms with Crippen molar-refractivity contribution in [1.82, 2.24) is 5.32 Å². The maximum absolute atomic E-state index is 12.1. The van der Waals surface area contributed by atoms with Crippen LogP contribution >= 0.6 is 23.8 Å². The van der Waals surface area contributed by atoms with E-state index in [1.807, 2.05) is 31.2 Å². The zero-order chi connectivity index (χ0) is 21.2. The predicted molar refractivity (Wildman–Crippen MR) is 121 cm³/mol. The van der Waals surface area contributed by atoms with Crippen molar-refractivity contribution >= 4 is 52.1 Å². The monoisotopic (exact) mass is 433 g/mol. The maximum atomic E-state index is 12.1. The summed E-state index contributed by atoms with van der Waals surface area (Å²) in [6.07, 6.45) is 2.12. The largest absolute Gasteiger partial charge is 0.484 e. The van der Waals surface area contributed by atoms with E-state index < -0.39 is 5.91 Å². The van der Waals surface area contributed by atoms with Gasteiger partial charge in [-0.1, -0.05) is 37.6 Å². The smallest absolute Gasteiger partial charge is 0.264 e. The van der Waals surface area contributed by atoms with Crippen LogP contribution in [0.15, 0.2) is 42.5 Å². The molecule has 2 rings (SSSR count). The average molecular weight is 434 g/mol. The molecular weight excluding hydrogens is 410 g/mol. The molecule has 6 nitrogen and oxygen atoms in total. The van der Waals surface area contributed by atoms with Crippen LogP contribution in [-0.4, -0.2) is 23.5 Å². The van der Waals surface area contributed by atoms with Crippen LogP contribution in [0.3, 0.4) is 0 Å². The lowest BCUT2D eigenvalue weighted by atomic mass is 10.2. The molecule has 3 N–H and O–H groups in total. The van der Waals surface area contributed by atoms with Gasteiger partial charge >= 0.3 is 0 Å². The molecule has 2 amide bonds. The number of benzene rings is 2. The second-order valence-electron chi connectivity index (χ2n) is 6.28. The molecule has 0 saturated carbocycles. The minimum atomic E-state index is -0.398. The van der Waals surface area contributed by atoms with Gasteiger partial charge in [0, 0.05) is 12.1 Å². The van der Waals surface area contributed by atoms with E-state index in [0.29, 0.717) is 28.6 Å². The number of halogens is 1. The van der Waals surface area contributed by atoms with Gasteiger partial charge in [-0.3, -0.25) is 14.9 Å². The quantitative estimate of drug-likeness (QED) is 0.533. The molecule has 0 spiro atoms. The number of anilines is 2. The molecule has 29 heavy (non-hydrogen) atoms. The Bertz CT molecular complexity index is 872. The van der Waals surface area contributed by atoms with Gasteiger partial charge in [0.15, 0.2) is 11.7 Å². The highest BCUT2D eigenvalue weighted by molar-refractivity contribution is 7.80. The van der Waals surface area contributed by atoms with Gasteiger partial charge in [0.25, 0.3) is 5.91 Å². The molecule has 0 bridgehead atoms. The van der Waals surface area contributed by atoms with Crippen molar-refractivity contribution in [3.8, 4) is 5.75 Å².